The Hall–Kier alpha value is -3.41. The van der Waals surface area contributed by atoms with Crippen LogP contribution in [0, 0.1) is 6.92 Å². The largest absolute Gasteiger partial charge is 0.331 e. The fourth-order valence-electron chi connectivity index (χ4n) is 4.04. The van der Waals surface area contributed by atoms with E-state index in [-0.39, 0.29) is 18.4 Å². The molecule has 6 nitrogen and oxygen atoms in total. The van der Waals surface area contributed by atoms with E-state index in [4.69, 9.17) is 5.10 Å². The SMILES string of the molecule is Cc1ccc(NC(=O)CN(C)C(=O)c2nn(-c3ccccc3)c3c2CCCCC3)cc1. The summed E-state index contributed by atoms with van der Waals surface area (Å²) in [4.78, 5) is 27.2. The van der Waals surface area contributed by atoms with Crippen molar-refractivity contribution in [1.82, 2.24) is 14.7 Å². The minimum atomic E-state index is -0.228. The number of anilines is 1. The smallest absolute Gasteiger partial charge is 0.274 e. The molecule has 0 saturated heterocycles. The second-order valence-electron chi connectivity index (χ2n) is 8.16. The molecular formula is C25H28N4O2. The predicted molar refractivity (Wildman–Crippen MR) is 122 cm³/mol. The molecule has 0 radical (unpaired) electrons. The number of hydrogen-bond acceptors (Lipinski definition) is 3. The topological polar surface area (TPSA) is 67.2 Å². The molecule has 1 heterocycles. The van der Waals surface area contributed by atoms with Gasteiger partial charge < -0.3 is 10.2 Å². The van der Waals surface area contributed by atoms with Gasteiger partial charge in [0, 0.05) is 24.0 Å². The highest BCUT2D eigenvalue weighted by atomic mass is 16.2. The summed E-state index contributed by atoms with van der Waals surface area (Å²) < 4.78 is 1.91. The number of nitrogens with zero attached hydrogens (tertiary/aromatic N) is 3. The van der Waals surface area contributed by atoms with Gasteiger partial charge in [0.05, 0.1) is 12.2 Å². The van der Waals surface area contributed by atoms with Crippen molar-refractivity contribution in [2.24, 2.45) is 0 Å². The monoisotopic (exact) mass is 416 g/mol. The molecule has 0 atom stereocenters. The lowest BCUT2D eigenvalue weighted by Gasteiger charge is -2.16. The maximum absolute atomic E-state index is 13.3. The van der Waals surface area contributed by atoms with E-state index in [0.29, 0.717) is 5.69 Å². The highest BCUT2D eigenvalue weighted by molar-refractivity contribution is 5.99. The van der Waals surface area contributed by atoms with E-state index in [0.717, 1.165) is 60.3 Å². The molecule has 0 aliphatic heterocycles. The summed E-state index contributed by atoms with van der Waals surface area (Å²) in [5, 5.41) is 7.57. The zero-order valence-electron chi connectivity index (χ0n) is 18.1. The first-order chi connectivity index (χ1) is 15.0. The van der Waals surface area contributed by atoms with Crippen molar-refractivity contribution in [3.63, 3.8) is 0 Å². The summed E-state index contributed by atoms with van der Waals surface area (Å²) in [6, 6.07) is 17.5. The second-order valence-corrected chi connectivity index (χ2v) is 8.16. The van der Waals surface area contributed by atoms with Crippen molar-refractivity contribution < 1.29 is 9.59 Å². The molecule has 0 unspecified atom stereocenters. The molecule has 0 fully saturated rings. The molecule has 0 spiro atoms. The number of fused-ring (bicyclic) bond motifs is 1. The zero-order chi connectivity index (χ0) is 21.8. The molecule has 2 aromatic carbocycles. The van der Waals surface area contributed by atoms with Gasteiger partial charge in [0.2, 0.25) is 5.91 Å². The second kappa shape index (κ2) is 9.16. The quantitative estimate of drug-likeness (QED) is 0.635. The van der Waals surface area contributed by atoms with E-state index in [1.165, 1.54) is 4.90 Å². The van der Waals surface area contributed by atoms with Gasteiger partial charge in [-0.05, 0) is 56.9 Å². The van der Waals surface area contributed by atoms with E-state index >= 15 is 0 Å². The minimum Gasteiger partial charge on any atom is -0.331 e. The summed E-state index contributed by atoms with van der Waals surface area (Å²) >= 11 is 0. The van der Waals surface area contributed by atoms with Gasteiger partial charge in [-0.15, -0.1) is 0 Å². The number of hydrogen-bond donors (Lipinski definition) is 1. The van der Waals surface area contributed by atoms with Crippen LogP contribution < -0.4 is 5.32 Å². The van der Waals surface area contributed by atoms with Gasteiger partial charge in [0.15, 0.2) is 5.69 Å². The number of rotatable bonds is 5. The van der Waals surface area contributed by atoms with Crippen LogP contribution in [0.25, 0.3) is 5.69 Å². The van der Waals surface area contributed by atoms with Crippen molar-refractivity contribution >= 4 is 17.5 Å². The molecule has 1 aliphatic rings. The molecule has 160 valence electrons. The normalized spacial score (nSPS) is 13.2. The molecule has 1 aliphatic carbocycles. The van der Waals surface area contributed by atoms with E-state index in [1.807, 2.05) is 66.2 Å². The van der Waals surface area contributed by atoms with Gasteiger partial charge in [-0.25, -0.2) is 4.68 Å². The number of nitrogens with one attached hydrogen (secondary N) is 1. The van der Waals surface area contributed by atoms with Crippen molar-refractivity contribution in [3.05, 3.63) is 77.1 Å². The number of benzene rings is 2. The summed E-state index contributed by atoms with van der Waals surface area (Å²) in [5.74, 6) is -0.444. The Labute approximate surface area is 182 Å². The van der Waals surface area contributed by atoms with Gasteiger partial charge in [-0.1, -0.05) is 42.3 Å². The van der Waals surface area contributed by atoms with Gasteiger partial charge in [0.25, 0.3) is 5.91 Å². The Kier molecular flexibility index (Phi) is 6.16. The van der Waals surface area contributed by atoms with Crippen LogP contribution in [0.4, 0.5) is 5.69 Å². The Balaban J connectivity index is 1.55. The third kappa shape index (κ3) is 4.68. The molecule has 4 rings (SSSR count). The summed E-state index contributed by atoms with van der Waals surface area (Å²) in [6.45, 7) is 1.97. The molecule has 1 N–H and O–H groups in total. The summed E-state index contributed by atoms with van der Waals surface area (Å²) in [5.41, 5.74) is 5.41. The lowest BCUT2D eigenvalue weighted by atomic mass is 10.1. The van der Waals surface area contributed by atoms with Crippen LogP contribution in [-0.4, -0.2) is 40.1 Å². The first kappa shape index (κ1) is 20.8. The molecule has 0 bridgehead atoms. The molecular weight excluding hydrogens is 388 g/mol. The molecule has 2 amide bonds. The van der Waals surface area contributed by atoms with E-state index in [2.05, 4.69) is 5.32 Å². The number of carbonyl (C=O) groups excluding carboxylic acids is 2. The summed E-state index contributed by atoms with van der Waals surface area (Å²) in [7, 11) is 1.65. The van der Waals surface area contributed by atoms with E-state index in [1.54, 1.807) is 7.05 Å². The average molecular weight is 417 g/mol. The van der Waals surface area contributed by atoms with Gasteiger partial charge in [-0.2, -0.15) is 5.10 Å². The Morgan fingerprint density at radius 1 is 1.00 bits per heavy atom. The Morgan fingerprint density at radius 3 is 2.45 bits per heavy atom. The van der Waals surface area contributed by atoms with Crippen LogP contribution >= 0.6 is 0 Å². The van der Waals surface area contributed by atoms with Crippen LogP contribution in [0.15, 0.2) is 54.6 Å². The predicted octanol–water partition coefficient (Wildman–Crippen LogP) is 4.16. The van der Waals surface area contributed by atoms with Crippen LogP contribution in [0.2, 0.25) is 0 Å². The standard InChI is InChI=1S/C25H28N4O2/c1-18-13-15-19(16-14-18)26-23(30)17-28(2)25(31)24-21-11-7-4-8-12-22(21)29(27-24)20-9-5-3-6-10-20/h3,5-6,9-10,13-16H,4,7-8,11-12,17H2,1-2H3,(H,26,30). The number of carbonyl (C=O) groups is 2. The molecule has 1 aromatic heterocycles. The molecule has 31 heavy (non-hydrogen) atoms. The fraction of sp³-hybridized carbons (Fsp3) is 0.320. The maximum Gasteiger partial charge on any atom is 0.274 e. The minimum absolute atomic E-state index is 0.0281. The number of para-hydroxylation sites is 1. The number of likely N-dealkylation sites (N-methyl/N-ethyl adjacent to an activating group) is 1. The van der Waals surface area contributed by atoms with Crippen LogP contribution in [-0.2, 0) is 17.6 Å². The average Bonchev–Trinajstić information content (AvgIpc) is 2.96. The van der Waals surface area contributed by atoms with E-state index < -0.39 is 0 Å². The Bertz CT molecular complexity index is 1070. The first-order valence-corrected chi connectivity index (χ1v) is 10.8. The van der Waals surface area contributed by atoms with Gasteiger partial charge in [-0.3, -0.25) is 9.59 Å². The first-order valence-electron chi connectivity index (χ1n) is 10.8. The maximum atomic E-state index is 13.3. The fourth-order valence-corrected chi connectivity index (χ4v) is 4.04. The van der Waals surface area contributed by atoms with Gasteiger partial charge in [0.1, 0.15) is 0 Å². The van der Waals surface area contributed by atoms with Crippen molar-refractivity contribution in [2.45, 2.75) is 39.0 Å². The zero-order valence-corrected chi connectivity index (χ0v) is 18.1. The van der Waals surface area contributed by atoms with Crippen LogP contribution in [0.1, 0.15) is 46.6 Å². The number of aryl methyl sites for hydroxylation is 1. The molecule has 3 aromatic rings. The van der Waals surface area contributed by atoms with Crippen molar-refractivity contribution in [3.8, 4) is 5.69 Å². The number of aromatic nitrogens is 2. The Morgan fingerprint density at radius 2 is 1.71 bits per heavy atom. The van der Waals surface area contributed by atoms with E-state index in [9.17, 15) is 9.59 Å². The van der Waals surface area contributed by atoms with Crippen molar-refractivity contribution in [2.75, 3.05) is 18.9 Å². The number of amides is 2. The highest BCUT2D eigenvalue weighted by Gasteiger charge is 2.27. The highest BCUT2D eigenvalue weighted by Crippen LogP contribution is 2.27. The third-order valence-corrected chi connectivity index (χ3v) is 5.70. The van der Waals surface area contributed by atoms with Crippen LogP contribution in [0.3, 0.4) is 0 Å². The molecule has 6 heteroatoms. The van der Waals surface area contributed by atoms with Crippen molar-refractivity contribution in [1.29, 1.82) is 0 Å². The molecule has 0 saturated carbocycles. The van der Waals surface area contributed by atoms with Crippen LogP contribution in [0.5, 0.6) is 0 Å². The van der Waals surface area contributed by atoms with Gasteiger partial charge >= 0.3 is 0 Å². The summed E-state index contributed by atoms with van der Waals surface area (Å²) in [6.07, 6.45) is 5.03. The lowest BCUT2D eigenvalue weighted by molar-refractivity contribution is -0.116. The third-order valence-electron chi connectivity index (χ3n) is 5.70. The lowest BCUT2D eigenvalue weighted by Crippen LogP contribution is -2.35.